The predicted molar refractivity (Wildman–Crippen MR) is 65.8 cm³/mol. The van der Waals surface area contributed by atoms with E-state index in [1.165, 1.54) is 0 Å². The Labute approximate surface area is 103 Å². The van der Waals surface area contributed by atoms with E-state index >= 15 is 0 Å². The van der Waals surface area contributed by atoms with Crippen LogP contribution in [0.1, 0.15) is 0 Å². The lowest BCUT2D eigenvalue weighted by Gasteiger charge is -2.06. The molecule has 3 rings (SSSR count). The molecule has 0 unspecified atom stereocenters. The SMILES string of the molecule is Cn1nnnc1-n1ccnc1-c1cccc(N)c1. The van der Waals surface area contributed by atoms with Crippen molar-refractivity contribution < 1.29 is 0 Å². The molecule has 0 atom stereocenters. The highest BCUT2D eigenvalue weighted by molar-refractivity contribution is 5.62. The summed E-state index contributed by atoms with van der Waals surface area (Å²) >= 11 is 0. The van der Waals surface area contributed by atoms with Crippen LogP contribution in [0, 0.1) is 0 Å². The van der Waals surface area contributed by atoms with Crippen LogP contribution in [-0.4, -0.2) is 29.8 Å². The summed E-state index contributed by atoms with van der Waals surface area (Å²) in [6.45, 7) is 0. The number of aromatic nitrogens is 6. The molecule has 0 amide bonds. The van der Waals surface area contributed by atoms with Crippen LogP contribution in [-0.2, 0) is 7.05 Å². The van der Waals surface area contributed by atoms with Gasteiger partial charge in [0.25, 0.3) is 5.95 Å². The third-order valence-electron chi connectivity index (χ3n) is 2.60. The molecular weight excluding hydrogens is 230 g/mol. The lowest BCUT2D eigenvalue weighted by molar-refractivity contribution is 0.692. The van der Waals surface area contributed by atoms with Gasteiger partial charge in [0.05, 0.1) is 0 Å². The molecule has 0 saturated heterocycles. The molecule has 2 aromatic heterocycles. The summed E-state index contributed by atoms with van der Waals surface area (Å²) in [6.07, 6.45) is 3.51. The van der Waals surface area contributed by atoms with Gasteiger partial charge in [0, 0.05) is 30.7 Å². The minimum Gasteiger partial charge on any atom is -0.399 e. The molecule has 0 fully saturated rings. The maximum Gasteiger partial charge on any atom is 0.255 e. The van der Waals surface area contributed by atoms with Gasteiger partial charge in [-0.2, -0.15) is 0 Å². The molecule has 1 aromatic carbocycles. The Hall–Kier alpha value is -2.70. The average Bonchev–Trinajstić information content (AvgIpc) is 2.96. The summed E-state index contributed by atoms with van der Waals surface area (Å²) in [5, 5.41) is 11.4. The van der Waals surface area contributed by atoms with Crippen LogP contribution in [0.3, 0.4) is 0 Å². The van der Waals surface area contributed by atoms with E-state index in [1.807, 2.05) is 35.0 Å². The van der Waals surface area contributed by atoms with E-state index in [-0.39, 0.29) is 0 Å². The monoisotopic (exact) mass is 241 g/mol. The number of nitrogens with two attached hydrogens (primary N) is 1. The van der Waals surface area contributed by atoms with E-state index < -0.39 is 0 Å². The van der Waals surface area contributed by atoms with Crippen molar-refractivity contribution in [1.29, 1.82) is 0 Å². The molecule has 0 bridgehead atoms. The number of hydrogen-bond donors (Lipinski definition) is 1. The van der Waals surface area contributed by atoms with Crippen LogP contribution in [0.4, 0.5) is 5.69 Å². The third kappa shape index (κ3) is 1.61. The van der Waals surface area contributed by atoms with Crippen molar-refractivity contribution in [2.24, 2.45) is 7.05 Å². The molecule has 0 aliphatic carbocycles. The summed E-state index contributed by atoms with van der Waals surface area (Å²) in [5.41, 5.74) is 7.39. The summed E-state index contributed by atoms with van der Waals surface area (Å²) in [5.74, 6) is 1.35. The van der Waals surface area contributed by atoms with Crippen molar-refractivity contribution in [3.63, 3.8) is 0 Å². The Kier molecular flexibility index (Phi) is 2.30. The normalized spacial score (nSPS) is 10.7. The van der Waals surface area contributed by atoms with Gasteiger partial charge in [-0.1, -0.05) is 17.2 Å². The quantitative estimate of drug-likeness (QED) is 0.665. The maximum atomic E-state index is 5.78. The Bertz CT molecular complexity index is 682. The van der Waals surface area contributed by atoms with Gasteiger partial charge in [-0.25, -0.2) is 9.67 Å². The molecule has 0 saturated carbocycles. The highest BCUT2D eigenvalue weighted by Crippen LogP contribution is 2.21. The maximum absolute atomic E-state index is 5.78. The number of hydrogen-bond acceptors (Lipinski definition) is 5. The van der Waals surface area contributed by atoms with Crippen LogP contribution in [0.25, 0.3) is 17.3 Å². The first-order valence-electron chi connectivity index (χ1n) is 5.38. The molecule has 2 N–H and O–H groups in total. The van der Waals surface area contributed by atoms with Crippen molar-refractivity contribution in [3.05, 3.63) is 36.7 Å². The molecule has 3 aromatic rings. The van der Waals surface area contributed by atoms with Gasteiger partial charge < -0.3 is 5.73 Å². The van der Waals surface area contributed by atoms with Crippen LogP contribution in [0.15, 0.2) is 36.7 Å². The summed E-state index contributed by atoms with van der Waals surface area (Å²) in [6, 6.07) is 7.53. The minimum atomic E-state index is 0.602. The Morgan fingerprint density at radius 3 is 2.89 bits per heavy atom. The Balaban J connectivity index is 2.16. The van der Waals surface area contributed by atoms with E-state index in [0.29, 0.717) is 11.6 Å². The number of anilines is 1. The number of imidazole rings is 1. The average molecular weight is 241 g/mol. The molecule has 90 valence electrons. The van der Waals surface area contributed by atoms with Crippen LogP contribution < -0.4 is 5.73 Å². The molecule has 0 aliphatic heterocycles. The van der Waals surface area contributed by atoms with Crippen LogP contribution in [0.2, 0.25) is 0 Å². The molecule has 2 heterocycles. The van der Waals surface area contributed by atoms with E-state index in [4.69, 9.17) is 5.73 Å². The van der Waals surface area contributed by atoms with Crippen molar-refractivity contribution in [1.82, 2.24) is 29.8 Å². The number of tetrazole rings is 1. The van der Waals surface area contributed by atoms with Gasteiger partial charge >= 0.3 is 0 Å². The smallest absolute Gasteiger partial charge is 0.255 e. The minimum absolute atomic E-state index is 0.602. The van der Waals surface area contributed by atoms with E-state index in [0.717, 1.165) is 11.4 Å². The zero-order chi connectivity index (χ0) is 12.5. The van der Waals surface area contributed by atoms with Gasteiger partial charge in [0.15, 0.2) is 0 Å². The predicted octanol–water partition coefficient (Wildman–Crippen LogP) is 0.645. The van der Waals surface area contributed by atoms with Crippen LogP contribution >= 0.6 is 0 Å². The second-order valence-corrected chi connectivity index (χ2v) is 3.85. The summed E-state index contributed by atoms with van der Waals surface area (Å²) in [7, 11) is 1.78. The molecular formula is C11H11N7. The first-order valence-corrected chi connectivity index (χ1v) is 5.38. The van der Waals surface area contributed by atoms with E-state index in [2.05, 4.69) is 20.5 Å². The zero-order valence-electron chi connectivity index (χ0n) is 9.72. The molecule has 0 spiro atoms. The van der Waals surface area contributed by atoms with Crippen molar-refractivity contribution in [3.8, 4) is 17.3 Å². The van der Waals surface area contributed by atoms with Crippen molar-refractivity contribution >= 4 is 5.69 Å². The molecule has 18 heavy (non-hydrogen) atoms. The lowest BCUT2D eigenvalue weighted by Crippen LogP contribution is -2.05. The fraction of sp³-hybridized carbons (Fsp3) is 0.0909. The Morgan fingerprint density at radius 1 is 1.28 bits per heavy atom. The summed E-state index contributed by atoms with van der Waals surface area (Å²) in [4.78, 5) is 4.32. The second kappa shape index (κ2) is 3.95. The zero-order valence-corrected chi connectivity index (χ0v) is 9.72. The molecule has 7 heteroatoms. The number of nitrogens with zero attached hydrogens (tertiary/aromatic N) is 6. The highest BCUT2D eigenvalue weighted by Gasteiger charge is 2.12. The fourth-order valence-corrected chi connectivity index (χ4v) is 1.78. The van der Waals surface area contributed by atoms with Gasteiger partial charge in [-0.3, -0.25) is 4.57 Å². The fourth-order valence-electron chi connectivity index (χ4n) is 1.78. The first kappa shape index (κ1) is 10.5. The number of benzene rings is 1. The molecule has 0 aliphatic rings. The number of nitrogen functional groups attached to an aromatic ring is 1. The largest absolute Gasteiger partial charge is 0.399 e. The standard InChI is InChI=1S/C11H11N7/c1-17-11(14-15-16-17)18-6-5-13-10(18)8-3-2-4-9(12)7-8/h2-7H,12H2,1H3. The molecule has 7 nitrogen and oxygen atoms in total. The lowest BCUT2D eigenvalue weighted by atomic mass is 10.2. The van der Waals surface area contributed by atoms with Crippen molar-refractivity contribution in [2.75, 3.05) is 5.73 Å². The number of aryl methyl sites for hydroxylation is 1. The van der Waals surface area contributed by atoms with Gasteiger partial charge in [-0.15, -0.1) is 0 Å². The molecule has 0 radical (unpaired) electrons. The van der Waals surface area contributed by atoms with Crippen molar-refractivity contribution in [2.45, 2.75) is 0 Å². The van der Waals surface area contributed by atoms with Gasteiger partial charge in [0.1, 0.15) is 5.82 Å². The van der Waals surface area contributed by atoms with E-state index in [1.54, 1.807) is 17.9 Å². The van der Waals surface area contributed by atoms with E-state index in [9.17, 15) is 0 Å². The van der Waals surface area contributed by atoms with Gasteiger partial charge in [0.2, 0.25) is 0 Å². The van der Waals surface area contributed by atoms with Gasteiger partial charge in [-0.05, 0) is 22.6 Å². The summed E-state index contributed by atoms with van der Waals surface area (Å²) < 4.78 is 3.40. The Morgan fingerprint density at radius 2 is 2.17 bits per heavy atom. The third-order valence-corrected chi connectivity index (χ3v) is 2.60. The number of rotatable bonds is 2. The topological polar surface area (TPSA) is 87.4 Å². The van der Waals surface area contributed by atoms with Crippen LogP contribution in [0.5, 0.6) is 0 Å². The highest BCUT2D eigenvalue weighted by atomic mass is 15.6. The first-order chi connectivity index (χ1) is 8.75. The second-order valence-electron chi connectivity index (χ2n) is 3.85.